The molecule has 1 saturated heterocycles. The predicted octanol–water partition coefficient (Wildman–Crippen LogP) is -0.249. The number of carbonyl (C=O) groups excluding carboxylic acids is 1. The Bertz CT molecular complexity index is 198. The first kappa shape index (κ1) is 11.3. The average molecular weight is 202 g/mol. The number of rotatable bonds is 2. The van der Waals surface area contributed by atoms with Crippen LogP contribution in [0, 0.1) is 0 Å². The van der Waals surface area contributed by atoms with E-state index in [0.717, 1.165) is 19.6 Å². The number of likely N-dealkylation sites (N-methyl/N-ethyl adjacent to an activating group) is 1. The van der Waals surface area contributed by atoms with Crippen LogP contribution in [0.2, 0.25) is 0 Å². The normalized spacial score (nSPS) is 23.6. The van der Waals surface area contributed by atoms with E-state index >= 15 is 0 Å². The summed E-state index contributed by atoms with van der Waals surface area (Å²) >= 11 is 0. The Morgan fingerprint density at radius 2 is 2.29 bits per heavy atom. The van der Waals surface area contributed by atoms with Gasteiger partial charge in [-0.15, -0.1) is 0 Å². The lowest BCUT2D eigenvalue weighted by Crippen LogP contribution is -2.56. The van der Waals surface area contributed by atoms with Gasteiger partial charge in [-0.05, 0) is 6.54 Å². The van der Waals surface area contributed by atoms with Gasteiger partial charge in [0.15, 0.2) is 0 Å². The van der Waals surface area contributed by atoms with Crippen LogP contribution in [0.15, 0.2) is 0 Å². The Morgan fingerprint density at radius 3 is 2.79 bits per heavy atom. The van der Waals surface area contributed by atoms with Crippen LogP contribution in [-0.2, 0) is 4.74 Å². The minimum atomic E-state index is -0.347. The molecule has 0 aliphatic carbocycles. The van der Waals surface area contributed by atoms with Gasteiger partial charge in [0.25, 0.3) is 0 Å². The number of ether oxygens (including phenoxy) is 1. The van der Waals surface area contributed by atoms with E-state index in [9.17, 15) is 4.79 Å². The first-order valence-corrected chi connectivity index (χ1v) is 4.90. The molecule has 1 heterocycles. The monoisotopic (exact) mass is 202 g/mol. The van der Waals surface area contributed by atoms with Gasteiger partial charge in [-0.1, -0.05) is 6.92 Å². The third-order valence-electron chi connectivity index (χ3n) is 2.63. The molecule has 0 bridgehead atoms. The maximum absolute atomic E-state index is 11.3. The number of carbonyl (C=O) groups is 1. The zero-order valence-corrected chi connectivity index (χ0v) is 8.77. The number of amides is 1. The molecule has 0 aromatic heterocycles. The average Bonchev–Trinajstić information content (AvgIpc) is 2.27. The molecule has 0 aromatic rings. The summed E-state index contributed by atoms with van der Waals surface area (Å²) in [6, 6.07) is -0.129. The van der Waals surface area contributed by atoms with Crippen molar-refractivity contribution < 1.29 is 14.6 Å². The van der Waals surface area contributed by atoms with Crippen molar-refractivity contribution in [3.05, 3.63) is 0 Å². The molecule has 5 nitrogen and oxygen atoms in total. The Kier molecular flexibility index (Phi) is 4.16. The zero-order valence-electron chi connectivity index (χ0n) is 8.77. The third kappa shape index (κ3) is 2.36. The molecule has 5 heteroatoms. The summed E-state index contributed by atoms with van der Waals surface area (Å²) in [6.07, 6.45) is -0.347. The van der Waals surface area contributed by atoms with Crippen molar-refractivity contribution in [2.45, 2.75) is 13.0 Å². The van der Waals surface area contributed by atoms with Crippen LogP contribution in [0.5, 0.6) is 0 Å². The van der Waals surface area contributed by atoms with Crippen molar-refractivity contribution in [3.63, 3.8) is 0 Å². The van der Waals surface area contributed by atoms with Crippen LogP contribution in [0.1, 0.15) is 6.92 Å². The van der Waals surface area contributed by atoms with E-state index in [1.165, 1.54) is 7.11 Å². The Morgan fingerprint density at radius 1 is 1.57 bits per heavy atom. The highest BCUT2D eigenvalue weighted by atomic mass is 16.5. The largest absolute Gasteiger partial charge is 0.453 e. The number of aliphatic hydroxyl groups excluding tert-OH is 1. The van der Waals surface area contributed by atoms with Crippen LogP contribution in [0.4, 0.5) is 4.79 Å². The van der Waals surface area contributed by atoms with Gasteiger partial charge in [-0.3, -0.25) is 4.90 Å². The first-order chi connectivity index (χ1) is 6.72. The van der Waals surface area contributed by atoms with Gasteiger partial charge in [0.05, 0.1) is 19.8 Å². The highest BCUT2D eigenvalue weighted by Gasteiger charge is 2.29. The zero-order chi connectivity index (χ0) is 10.6. The molecule has 1 atom stereocenters. The van der Waals surface area contributed by atoms with Crippen molar-refractivity contribution in [2.75, 3.05) is 39.9 Å². The molecule has 82 valence electrons. The summed E-state index contributed by atoms with van der Waals surface area (Å²) in [7, 11) is 1.36. The van der Waals surface area contributed by atoms with Gasteiger partial charge >= 0.3 is 6.09 Å². The maximum Gasteiger partial charge on any atom is 0.409 e. The summed E-state index contributed by atoms with van der Waals surface area (Å²) in [4.78, 5) is 15.1. The van der Waals surface area contributed by atoms with Crippen molar-refractivity contribution in [3.8, 4) is 0 Å². The van der Waals surface area contributed by atoms with E-state index < -0.39 is 0 Å². The molecule has 0 aromatic carbocycles. The molecule has 1 unspecified atom stereocenters. The van der Waals surface area contributed by atoms with Gasteiger partial charge in [0.1, 0.15) is 0 Å². The van der Waals surface area contributed by atoms with Gasteiger partial charge in [-0.2, -0.15) is 0 Å². The number of hydrogen-bond donors (Lipinski definition) is 1. The lowest BCUT2D eigenvalue weighted by Gasteiger charge is -2.39. The second-order valence-corrected chi connectivity index (χ2v) is 3.39. The third-order valence-corrected chi connectivity index (χ3v) is 2.63. The van der Waals surface area contributed by atoms with E-state index in [1.807, 2.05) is 0 Å². The fraction of sp³-hybridized carbons (Fsp3) is 0.889. The summed E-state index contributed by atoms with van der Waals surface area (Å²) < 4.78 is 4.65. The number of aliphatic hydroxyl groups is 1. The molecule has 1 aliphatic rings. The number of hydrogen-bond acceptors (Lipinski definition) is 4. The molecule has 0 radical (unpaired) electrons. The molecule has 0 spiro atoms. The second-order valence-electron chi connectivity index (χ2n) is 3.39. The van der Waals surface area contributed by atoms with E-state index in [-0.39, 0.29) is 18.7 Å². The Labute approximate surface area is 84.2 Å². The lowest BCUT2D eigenvalue weighted by atomic mass is 10.2. The molecule has 1 aliphatic heterocycles. The first-order valence-electron chi connectivity index (χ1n) is 4.90. The Hall–Kier alpha value is -0.810. The van der Waals surface area contributed by atoms with E-state index in [4.69, 9.17) is 5.11 Å². The van der Waals surface area contributed by atoms with E-state index in [1.54, 1.807) is 4.90 Å². The maximum atomic E-state index is 11.3. The second kappa shape index (κ2) is 5.17. The topological polar surface area (TPSA) is 53.0 Å². The van der Waals surface area contributed by atoms with Crippen LogP contribution in [-0.4, -0.2) is 66.9 Å². The van der Waals surface area contributed by atoms with Crippen LogP contribution in [0.25, 0.3) is 0 Å². The molecule has 1 fully saturated rings. The quantitative estimate of drug-likeness (QED) is 0.671. The van der Waals surface area contributed by atoms with E-state index in [0.29, 0.717) is 6.54 Å². The smallest absolute Gasteiger partial charge is 0.409 e. The lowest BCUT2D eigenvalue weighted by molar-refractivity contribution is 0.0356. The number of nitrogens with zero attached hydrogens (tertiary/aromatic N) is 2. The van der Waals surface area contributed by atoms with Crippen molar-refractivity contribution in [1.29, 1.82) is 0 Å². The van der Waals surface area contributed by atoms with Crippen LogP contribution in [0.3, 0.4) is 0 Å². The van der Waals surface area contributed by atoms with Crippen LogP contribution < -0.4 is 0 Å². The summed E-state index contributed by atoms with van der Waals surface area (Å²) in [5, 5.41) is 9.14. The fourth-order valence-corrected chi connectivity index (χ4v) is 1.72. The highest BCUT2D eigenvalue weighted by Crippen LogP contribution is 2.10. The van der Waals surface area contributed by atoms with Gasteiger partial charge in [0, 0.05) is 19.6 Å². The molecular weight excluding hydrogens is 184 g/mol. The minimum Gasteiger partial charge on any atom is -0.453 e. The molecule has 1 N–H and O–H groups in total. The van der Waals surface area contributed by atoms with E-state index in [2.05, 4.69) is 16.6 Å². The summed E-state index contributed by atoms with van der Waals surface area (Å²) in [5.74, 6) is 0. The fourth-order valence-electron chi connectivity index (χ4n) is 1.72. The van der Waals surface area contributed by atoms with Crippen molar-refractivity contribution >= 4 is 6.09 Å². The molecule has 14 heavy (non-hydrogen) atoms. The van der Waals surface area contributed by atoms with Gasteiger partial charge in [0.2, 0.25) is 0 Å². The highest BCUT2D eigenvalue weighted by molar-refractivity contribution is 5.68. The molecule has 1 rings (SSSR count). The minimum absolute atomic E-state index is 0.00833. The van der Waals surface area contributed by atoms with Gasteiger partial charge < -0.3 is 14.7 Å². The standard InChI is InChI=1S/C9H18N2O3/c1-3-10-4-5-11(9(13)14-2)8(6-10)7-12/h8,12H,3-7H2,1-2H3. The van der Waals surface area contributed by atoms with Crippen molar-refractivity contribution in [1.82, 2.24) is 9.80 Å². The van der Waals surface area contributed by atoms with Gasteiger partial charge in [-0.25, -0.2) is 4.79 Å². The number of methoxy groups -OCH3 is 1. The molecular formula is C9H18N2O3. The van der Waals surface area contributed by atoms with Crippen molar-refractivity contribution in [2.24, 2.45) is 0 Å². The SMILES string of the molecule is CCN1CCN(C(=O)OC)C(CO)C1. The summed E-state index contributed by atoms with van der Waals surface area (Å²) in [6.45, 7) is 5.22. The Balaban J connectivity index is 2.56. The summed E-state index contributed by atoms with van der Waals surface area (Å²) in [5.41, 5.74) is 0. The molecule has 1 amide bonds. The number of piperazine rings is 1. The molecule has 0 saturated carbocycles. The van der Waals surface area contributed by atoms with Crippen LogP contribution >= 0.6 is 0 Å². The predicted molar refractivity (Wildman–Crippen MR) is 52.1 cm³/mol.